The predicted octanol–water partition coefficient (Wildman–Crippen LogP) is 10.7. The number of hydrogen-bond donors (Lipinski definition) is 2. The minimum absolute atomic E-state index is 0.0801. The predicted molar refractivity (Wildman–Crippen MR) is 234 cm³/mol. The molecule has 5 heterocycles. The van der Waals surface area contributed by atoms with E-state index in [1.165, 1.54) is 72.5 Å². The van der Waals surface area contributed by atoms with E-state index in [-0.39, 0.29) is 12.3 Å². The average Bonchev–Trinajstić information content (AvgIpc) is 4.03. The van der Waals surface area contributed by atoms with Gasteiger partial charge in [0.1, 0.15) is 12.3 Å². The first kappa shape index (κ1) is 32.5. The maximum Gasteiger partial charge on any atom is 0.206 e. The van der Waals surface area contributed by atoms with Crippen LogP contribution in [0, 0.1) is 0 Å². The molecule has 274 valence electrons. The van der Waals surface area contributed by atoms with Gasteiger partial charge >= 0.3 is 0 Å². The maximum absolute atomic E-state index is 5.44. The molecule has 2 N–H and O–H groups in total. The minimum atomic E-state index is -0.174. The standard InChI is InChI=1S/C49H42N6S/c1-4-14-31(15-5-1)47-50-48(32-16-6-2-7-17-32)52-49(51-47)55-41-23-13-11-21-36(41)38-28-34(24-26-42(38)55)54-40-22-12-10-20-35(40)37-25-27-43-45(46(37)54)39-29-56-30-44(39)53(43)33-18-8-3-9-19-33/h1-12,14-18,20-22,25,27-28,30,33,39,47-48,50H,13,19,23-24,26,29H2,(H,51,52). The number of nitrogens with zero attached hydrogens (tertiary/aromatic N) is 4. The molecule has 6 aliphatic rings. The van der Waals surface area contributed by atoms with Crippen LogP contribution in [0.3, 0.4) is 0 Å². The van der Waals surface area contributed by atoms with Crippen LogP contribution in [0.1, 0.15) is 76.7 Å². The molecular formula is C49H42N6S. The van der Waals surface area contributed by atoms with Crippen molar-refractivity contribution in [1.82, 2.24) is 19.8 Å². The van der Waals surface area contributed by atoms with E-state index in [1.54, 1.807) is 0 Å². The molecule has 3 aliphatic carbocycles. The zero-order valence-electron chi connectivity index (χ0n) is 31.1. The Morgan fingerprint density at radius 2 is 1.55 bits per heavy atom. The molecule has 0 radical (unpaired) electrons. The van der Waals surface area contributed by atoms with Crippen LogP contribution in [0.25, 0.3) is 39.7 Å². The van der Waals surface area contributed by atoms with E-state index in [0.717, 1.165) is 49.4 Å². The number of thioether (sulfide) groups is 1. The molecule has 56 heavy (non-hydrogen) atoms. The van der Waals surface area contributed by atoms with Gasteiger partial charge in [-0.05, 0) is 66.8 Å². The third-order valence-electron chi connectivity index (χ3n) is 12.7. The summed E-state index contributed by atoms with van der Waals surface area (Å²) in [6.07, 6.45) is 21.0. The SMILES string of the molecule is C1=CCC(N2C3=CSCC3c3c2ccc2c4ccccc4n(C4=Cc5c6c(n(C7=NC(c8ccccc8)NC(c8ccccc8)N7)c5CC4)CCC=C6)c32)C=C1. The van der Waals surface area contributed by atoms with Gasteiger partial charge in [-0.1, -0.05) is 121 Å². The van der Waals surface area contributed by atoms with Crippen LogP contribution in [0.4, 0.5) is 5.69 Å². The lowest BCUT2D eigenvalue weighted by molar-refractivity contribution is 0.401. The Balaban J connectivity index is 1.04. The lowest BCUT2D eigenvalue weighted by atomic mass is 9.95. The molecule has 3 aliphatic heterocycles. The largest absolute Gasteiger partial charge is 0.336 e. The number of aliphatic imine (C=N–C) groups is 1. The van der Waals surface area contributed by atoms with Gasteiger partial charge in [-0.25, -0.2) is 4.99 Å². The number of allylic oxidation sites excluding steroid dienone is 5. The van der Waals surface area contributed by atoms with Crippen molar-refractivity contribution in [2.75, 3.05) is 10.7 Å². The van der Waals surface area contributed by atoms with Crippen molar-refractivity contribution in [2.24, 2.45) is 4.99 Å². The maximum atomic E-state index is 5.44. The average molecular weight is 747 g/mol. The second-order valence-corrected chi connectivity index (χ2v) is 16.6. The highest BCUT2D eigenvalue weighted by Crippen LogP contribution is 2.55. The van der Waals surface area contributed by atoms with E-state index >= 15 is 0 Å². The van der Waals surface area contributed by atoms with Gasteiger partial charge in [-0.15, -0.1) is 11.8 Å². The molecule has 6 nitrogen and oxygen atoms in total. The van der Waals surface area contributed by atoms with Crippen LogP contribution >= 0.6 is 11.8 Å². The summed E-state index contributed by atoms with van der Waals surface area (Å²) < 4.78 is 5.15. The fourth-order valence-electron chi connectivity index (χ4n) is 10.2. The topological polar surface area (TPSA) is 49.5 Å². The molecular weight excluding hydrogens is 705 g/mol. The number of benzene rings is 4. The van der Waals surface area contributed by atoms with Crippen molar-refractivity contribution in [3.8, 4) is 0 Å². The van der Waals surface area contributed by atoms with Crippen molar-refractivity contribution in [2.45, 2.75) is 56.4 Å². The van der Waals surface area contributed by atoms with Gasteiger partial charge in [0, 0.05) is 67.6 Å². The van der Waals surface area contributed by atoms with Crippen LogP contribution in [0.2, 0.25) is 0 Å². The summed E-state index contributed by atoms with van der Waals surface area (Å²) in [4.78, 5) is 8.09. The van der Waals surface area contributed by atoms with Crippen LogP contribution in [-0.2, 0) is 12.8 Å². The lowest BCUT2D eigenvalue weighted by Gasteiger charge is -2.33. The molecule has 0 saturated carbocycles. The van der Waals surface area contributed by atoms with Crippen LogP contribution in [0.15, 0.2) is 144 Å². The highest BCUT2D eigenvalue weighted by atomic mass is 32.2. The molecule has 0 saturated heterocycles. The summed E-state index contributed by atoms with van der Waals surface area (Å²) in [5, 5.41) is 12.8. The Labute approximate surface area is 331 Å². The first-order chi connectivity index (χ1) is 27.8. The van der Waals surface area contributed by atoms with Gasteiger partial charge in [0.15, 0.2) is 0 Å². The minimum Gasteiger partial charge on any atom is -0.336 e. The summed E-state index contributed by atoms with van der Waals surface area (Å²) in [5.74, 6) is 2.40. The molecule has 0 amide bonds. The summed E-state index contributed by atoms with van der Waals surface area (Å²) in [7, 11) is 0. The molecule has 6 aromatic rings. The Morgan fingerprint density at radius 3 is 2.41 bits per heavy atom. The number of anilines is 1. The highest BCUT2D eigenvalue weighted by molar-refractivity contribution is 8.02. The third-order valence-corrected chi connectivity index (χ3v) is 13.6. The van der Waals surface area contributed by atoms with E-state index in [4.69, 9.17) is 4.99 Å². The summed E-state index contributed by atoms with van der Waals surface area (Å²) >= 11 is 1.97. The second kappa shape index (κ2) is 12.9. The Hall–Kier alpha value is -5.76. The summed E-state index contributed by atoms with van der Waals surface area (Å²) in [6, 6.07) is 35.6. The Morgan fingerprint density at radius 1 is 0.732 bits per heavy atom. The normalized spacial score (nSPS) is 23.4. The van der Waals surface area contributed by atoms with Crippen LogP contribution in [0.5, 0.6) is 0 Å². The molecule has 7 heteroatoms. The highest BCUT2D eigenvalue weighted by Gasteiger charge is 2.42. The van der Waals surface area contributed by atoms with Gasteiger partial charge in [-0.2, -0.15) is 0 Å². The summed E-state index contributed by atoms with van der Waals surface area (Å²) in [6.45, 7) is 0. The third kappa shape index (κ3) is 4.90. The molecule has 12 rings (SSSR count). The van der Waals surface area contributed by atoms with E-state index in [0.29, 0.717) is 12.0 Å². The van der Waals surface area contributed by atoms with Gasteiger partial charge in [0.05, 0.1) is 17.1 Å². The molecule has 0 spiro atoms. The van der Waals surface area contributed by atoms with E-state index < -0.39 is 0 Å². The molecule has 4 atom stereocenters. The van der Waals surface area contributed by atoms with E-state index in [1.807, 2.05) is 11.8 Å². The summed E-state index contributed by atoms with van der Waals surface area (Å²) in [5.41, 5.74) is 16.1. The quantitative estimate of drug-likeness (QED) is 0.189. The monoisotopic (exact) mass is 746 g/mol. The number of hydrogen-bond acceptors (Lipinski definition) is 5. The molecule has 4 aromatic carbocycles. The van der Waals surface area contributed by atoms with Crippen molar-refractivity contribution in [3.05, 3.63) is 178 Å². The number of rotatable bonds is 4. The zero-order valence-corrected chi connectivity index (χ0v) is 31.9. The van der Waals surface area contributed by atoms with Gasteiger partial charge < -0.3 is 14.8 Å². The van der Waals surface area contributed by atoms with Crippen molar-refractivity contribution >= 4 is 63.1 Å². The first-order valence-electron chi connectivity index (χ1n) is 20.1. The molecule has 4 unspecified atom stereocenters. The fraction of sp³-hybridized carbons (Fsp3) is 0.204. The van der Waals surface area contributed by atoms with Crippen molar-refractivity contribution in [3.63, 3.8) is 0 Å². The smallest absolute Gasteiger partial charge is 0.206 e. The fourth-order valence-corrected chi connectivity index (χ4v) is 11.3. The van der Waals surface area contributed by atoms with Gasteiger partial charge in [0.2, 0.25) is 5.96 Å². The molecule has 0 fully saturated rings. The van der Waals surface area contributed by atoms with E-state index in [9.17, 15) is 0 Å². The van der Waals surface area contributed by atoms with Crippen molar-refractivity contribution in [1.29, 1.82) is 0 Å². The molecule has 0 bridgehead atoms. The number of para-hydroxylation sites is 1. The number of nitrogens with one attached hydrogen (secondary N) is 2. The first-order valence-corrected chi connectivity index (χ1v) is 21.2. The second-order valence-electron chi connectivity index (χ2n) is 15.7. The van der Waals surface area contributed by atoms with Crippen LogP contribution < -0.4 is 15.5 Å². The Kier molecular flexibility index (Phi) is 7.48. The van der Waals surface area contributed by atoms with Gasteiger partial charge in [-0.3, -0.25) is 9.88 Å². The zero-order chi connectivity index (χ0) is 36.7. The molecule has 2 aromatic heterocycles. The number of aromatic nitrogens is 2. The van der Waals surface area contributed by atoms with Crippen LogP contribution in [-0.4, -0.2) is 26.9 Å². The number of fused-ring (bicyclic) bond motifs is 10. The van der Waals surface area contributed by atoms with Crippen molar-refractivity contribution < 1.29 is 0 Å². The van der Waals surface area contributed by atoms with Gasteiger partial charge in [0.25, 0.3) is 0 Å². The van der Waals surface area contributed by atoms with E-state index in [2.05, 4.69) is 170 Å². The lowest BCUT2D eigenvalue weighted by Crippen LogP contribution is -2.48. The Bertz CT molecular complexity index is 2760.